The maximum atomic E-state index is 11.3. The molecule has 2 aromatic heterocycles. The molecule has 4 nitrogen and oxygen atoms in total. The van der Waals surface area contributed by atoms with Gasteiger partial charge in [-0.1, -0.05) is 20.8 Å². The Hall–Kier alpha value is -2.23. The number of hydrogen-bond acceptors (Lipinski definition) is 3. The van der Waals surface area contributed by atoms with Gasteiger partial charge in [0.2, 0.25) is 0 Å². The number of aliphatic carboxylic acids is 1. The molecule has 0 fully saturated rings. The Morgan fingerprint density at radius 3 is 2.63 bits per heavy atom. The molecule has 0 atom stereocenters. The summed E-state index contributed by atoms with van der Waals surface area (Å²) in [6, 6.07) is 5.51. The van der Waals surface area contributed by atoms with Crippen LogP contribution in [0.3, 0.4) is 0 Å². The van der Waals surface area contributed by atoms with E-state index in [1.54, 1.807) is 24.5 Å². The first-order valence-corrected chi connectivity index (χ1v) is 6.04. The van der Waals surface area contributed by atoms with Crippen molar-refractivity contribution in [3.8, 4) is 0 Å². The lowest BCUT2D eigenvalue weighted by Gasteiger charge is -2.19. The Morgan fingerprint density at radius 1 is 1.26 bits per heavy atom. The lowest BCUT2D eigenvalue weighted by Crippen LogP contribution is -2.17. The number of fused-ring (bicyclic) bond motifs is 1. The van der Waals surface area contributed by atoms with Crippen molar-refractivity contribution in [3.63, 3.8) is 0 Å². The normalized spacial score (nSPS) is 12.7. The van der Waals surface area contributed by atoms with Crippen molar-refractivity contribution in [1.29, 1.82) is 0 Å². The largest absolute Gasteiger partial charge is 0.478 e. The van der Waals surface area contributed by atoms with Crippen LogP contribution < -0.4 is 0 Å². The fraction of sp³-hybridized carbons (Fsp3) is 0.267. The van der Waals surface area contributed by atoms with Crippen molar-refractivity contribution < 1.29 is 9.90 Å². The standard InChI is InChI=1S/C15H16N2O2/c1-15(2,3)12(14(18)19)8-11-5-4-10-9-16-7-6-13(10)17-11/h4-9H,1-3H3,(H,18,19)/b12-8-. The number of carboxylic acids is 1. The number of carboxylic acid groups (broad SMARTS) is 1. The van der Waals surface area contributed by atoms with Crippen LogP contribution in [0.4, 0.5) is 0 Å². The summed E-state index contributed by atoms with van der Waals surface area (Å²) >= 11 is 0. The Balaban J connectivity index is 2.52. The maximum absolute atomic E-state index is 11.3. The molecule has 0 amide bonds. The van der Waals surface area contributed by atoms with E-state index >= 15 is 0 Å². The highest BCUT2D eigenvalue weighted by Gasteiger charge is 2.23. The zero-order valence-corrected chi connectivity index (χ0v) is 11.2. The van der Waals surface area contributed by atoms with Gasteiger partial charge < -0.3 is 5.11 Å². The second-order valence-corrected chi connectivity index (χ2v) is 5.42. The van der Waals surface area contributed by atoms with Gasteiger partial charge in [0, 0.05) is 23.4 Å². The molecule has 0 aliphatic carbocycles. The summed E-state index contributed by atoms with van der Waals surface area (Å²) in [5, 5.41) is 10.2. The van der Waals surface area contributed by atoms with Crippen LogP contribution in [0.15, 0.2) is 36.2 Å². The molecular formula is C15H16N2O2. The van der Waals surface area contributed by atoms with Gasteiger partial charge in [0.1, 0.15) is 0 Å². The smallest absolute Gasteiger partial charge is 0.332 e. The zero-order chi connectivity index (χ0) is 14.0. The van der Waals surface area contributed by atoms with Crippen LogP contribution in [0, 0.1) is 5.41 Å². The fourth-order valence-corrected chi connectivity index (χ4v) is 1.81. The van der Waals surface area contributed by atoms with E-state index in [0.29, 0.717) is 11.3 Å². The molecule has 0 unspecified atom stereocenters. The minimum absolute atomic E-state index is 0.341. The molecule has 1 N–H and O–H groups in total. The second-order valence-electron chi connectivity index (χ2n) is 5.42. The first kappa shape index (κ1) is 13.2. The van der Waals surface area contributed by atoms with Gasteiger partial charge >= 0.3 is 5.97 Å². The molecule has 0 saturated carbocycles. The molecule has 0 saturated heterocycles. The van der Waals surface area contributed by atoms with Crippen LogP contribution in [0.1, 0.15) is 26.5 Å². The molecular weight excluding hydrogens is 240 g/mol. The third-order valence-electron chi connectivity index (χ3n) is 2.84. The van der Waals surface area contributed by atoms with E-state index in [0.717, 1.165) is 10.9 Å². The van der Waals surface area contributed by atoms with Gasteiger partial charge in [0.05, 0.1) is 11.2 Å². The molecule has 2 heterocycles. The predicted octanol–water partition coefficient (Wildman–Crippen LogP) is 3.14. The van der Waals surface area contributed by atoms with Crippen molar-refractivity contribution in [1.82, 2.24) is 9.97 Å². The highest BCUT2D eigenvalue weighted by molar-refractivity contribution is 5.93. The number of pyridine rings is 2. The van der Waals surface area contributed by atoms with Gasteiger partial charge in [0.25, 0.3) is 0 Å². The Morgan fingerprint density at radius 2 is 2.00 bits per heavy atom. The fourth-order valence-electron chi connectivity index (χ4n) is 1.81. The molecule has 98 valence electrons. The highest BCUT2D eigenvalue weighted by atomic mass is 16.4. The van der Waals surface area contributed by atoms with Crippen molar-refractivity contribution in [2.45, 2.75) is 20.8 Å². The number of aromatic nitrogens is 2. The summed E-state index contributed by atoms with van der Waals surface area (Å²) < 4.78 is 0. The van der Waals surface area contributed by atoms with Gasteiger partial charge in [-0.25, -0.2) is 9.78 Å². The van der Waals surface area contributed by atoms with Gasteiger partial charge in [-0.05, 0) is 29.7 Å². The molecule has 0 radical (unpaired) electrons. The number of rotatable bonds is 2. The first-order chi connectivity index (χ1) is 8.88. The summed E-state index contributed by atoms with van der Waals surface area (Å²) in [4.78, 5) is 19.8. The zero-order valence-electron chi connectivity index (χ0n) is 11.2. The monoisotopic (exact) mass is 256 g/mol. The summed E-state index contributed by atoms with van der Waals surface area (Å²) in [6.07, 6.45) is 5.03. The molecule has 0 aliphatic rings. The average Bonchev–Trinajstić information content (AvgIpc) is 2.34. The van der Waals surface area contributed by atoms with E-state index in [-0.39, 0.29) is 0 Å². The van der Waals surface area contributed by atoms with Crippen LogP contribution in [0.25, 0.3) is 17.0 Å². The Bertz CT molecular complexity index is 654. The molecule has 0 aromatic carbocycles. The molecule has 0 aliphatic heterocycles. The van der Waals surface area contributed by atoms with Crippen LogP contribution in [0.5, 0.6) is 0 Å². The van der Waals surface area contributed by atoms with E-state index in [9.17, 15) is 9.90 Å². The van der Waals surface area contributed by atoms with Gasteiger partial charge in [-0.15, -0.1) is 0 Å². The lowest BCUT2D eigenvalue weighted by atomic mass is 9.86. The van der Waals surface area contributed by atoms with E-state index in [4.69, 9.17) is 0 Å². The molecule has 2 aromatic rings. The lowest BCUT2D eigenvalue weighted by molar-refractivity contribution is -0.133. The van der Waals surface area contributed by atoms with E-state index in [2.05, 4.69) is 9.97 Å². The average molecular weight is 256 g/mol. The van der Waals surface area contributed by atoms with Crippen LogP contribution in [-0.2, 0) is 4.79 Å². The molecule has 19 heavy (non-hydrogen) atoms. The van der Waals surface area contributed by atoms with Crippen LogP contribution in [0.2, 0.25) is 0 Å². The number of nitrogens with zero attached hydrogens (tertiary/aromatic N) is 2. The number of carbonyl (C=O) groups is 1. The van der Waals surface area contributed by atoms with Gasteiger partial charge in [-0.2, -0.15) is 0 Å². The summed E-state index contributed by atoms with van der Waals surface area (Å²) in [7, 11) is 0. The Kier molecular flexibility index (Phi) is 3.34. The minimum atomic E-state index is -0.913. The minimum Gasteiger partial charge on any atom is -0.478 e. The molecule has 4 heteroatoms. The topological polar surface area (TPSA) is 63.1 Å². The molecule has 2 rings (SSSR count). The highest BCUT2D eigenvalue weighted by Crippen LogP contribution is 2.27. The predicted molar refractivity (Wildman–Crippen MR) is 74.6 cm³/mol. The SMILES string of the molecule is CC(C)(C)/C(=C\c1ccc2cnccc2n1)C(=O)O. The van der Waals surface area contributed by atoms with Crippen LogP contribution >= 0.6 is 0 Å². The number of hydrogen-bond donors (Lipinski definition) is 1. The van der Waals surface area contributed by atoms with Gasteiger partial charge in [-0.3, -0.25) is 4.98 Å². The summed E-state index contributed by atoms with van der Waals surface area (Å²) in [6.45, 7) is 5.62. The molecule has 0 bridgehead atoms. The van der Waals surface area contributed by atoms with Crippen molar-refractivity contribution in [3.05, 3.63) is 41.9 Å². The third kappa shape index (κ3) is 2.96. The van der Waals surface area contributed by atoms with Crippen molar-refractivity contribution in [2.75, 3.05) is 0 Å². The van der Waals surface area contributed by atoms with E-state index < -0.39 is 11.4 Å². The summed E-state index contributed by atoms with van der Waals surface area (Å²) in [5.41, 5.74) is 1.36. The maximum Gasteiger partial charge on any atom is 0.332 e. The first-order valence-electron chi connectivity index (χ1n) is 6.04. The second kappa shape index (κ2) is 4.80. The third-order valence-corrected chi connectivity index (χ3v) is 2.84. The van der Waals surface area contributed by atoms with E-state index in [1.165, 1.54) is 0 Å². The summed E-state index contributed by atoms with van der Waals surface area (Å²) in [5.74, 6) is -0.913. The molecule has 0 spiro atoms. The van der Waals surface area contributed by atoms with Crippen LogP contribution in [-0.4, -0.2) is 21.0 Å². The van der Waals surface area contributed by atoms with Gasteiger partial charge in [0.15, 0.2) is 0 Å². The van der Waals surface area contributed by atoms with E-state index in [1.807, 2.05) is 32.9 Å². The van der Waals surface area contributed by atoms with Crippen molar-refractivity contribution >= 4 is 22.9 Å². The Labute approximate surface area is 111 Å². The van der Waals surface area contributed by atoms with Crippen molar-refractivity contribution in [2.24, 2.45) is 5.41 Å². The quantitative estimate of drug-likeness (QED) is 0.838.